The molecule has 4 nitrogen and oxygen atoms in total. The summed E-state index contributed by atoms with van der Waals surface area (Å²) in [5.74, 6) is 0. The molecule has 4 heteroatoms. The summed E-state index contributed by atoms with van der Waals surface area (Å²) >= 11 is 0. The number of hydrogen-bond acceptors (Lipinski definition) is 4. The molecule has 0 atom stereocenters. The van der Waals surface area contributed by atoms with Gasteiger partial charge in [0, 0.05) is 50.3 Å². The Balaban J connectivity index is 2.41. The Bertz CT molecular complexity index is 179. The van der Waals surface area contributed by atoms with Gasteiger partial charge in [-0.15, -0.1) is 0 Å². The molecule has 0 radical (unpaired) electrons. The van der Waals surface area contributed by atoms with E-state index in [1.165, 1.54) is 0 Å². The molecule has 0 spiro atoms. The van der Waals surface area contributed by atoms with Gasteiger partial charge in [-0.25, -0.2) is 0 Å². The van der Waals surface area contributed by atoms with Gasteiger partial charge in [-0.05, 0) is 27.7 Å². The Hall–Kier alpha value is -0.160. The number of nitrogens with one attached hydrogen (secondary N) is 4. The average molecular weight is 228 g/mol. The Kier molecular flexibility index (Phi) is 5.18. The van der Waals surface area contributed by atoms with Gasteiger partial charge in [0.2, 0.25) is 0 Å². The third-order valence-electron chi connectivity index (χ3n) is 2.94. The van der Waals surface area contributed by atoms with Crippen LogP contribution >= 0.6 is 0 Å². The molecule has 0 aromatic carbocycles. The van der Waals surface area contributed by atoms with Crippen molar-refractivity contribution >= 4 is 0 Å². The first-order valence-electron chi connectivity index (χ1n) is 6.33. The van der Waals surface area contributed by atoms with Crippen molar-refractivity contribution in [3.63, 3.8) is 0 Å². The average Bonchev–Trinajstić information content (AvgIpc) is 2.17. The lowest BCUT2D eigenvalue weighted by atomic mass is 10.0. The van der Waals surface area contributed by atoms with Crippen molar-refractivity contribution in [2.75, 3.05) is 39.3 Å². The fraction of sp³-hybridized carbons (Fsp3) is 1.00. The molecular weight excluding hydrogens is 200 g/mol. The minimum atomic E-state index is 0.172. The predicted octanol–water partition coefficient (Wildman–Crippen LogP) is -0.0844. The van der Waals surface area contributed by atoms with Gasteiger partial charge in [-0.2, -0.15) is 0 Å². The summed E-state index contributed by atoms with van der Waals surface area (Å²) in [6.07, 6.45) is 0. The fourth-order valence-corrected chi connectivity index (χ4v) is 1.91. The largest absolute Gasteiger partial charge is 0.314 e. The molecule has 0 amide bonds. The molecule has 4 N–H and O–H groups in total. The second-order valence-corrected chi connectivity index (χ2v) is 5.97. The molecular formula is C12H28N4. The maximum Gasteiger partial charge on any atom is 0.0250 e. The molecule has 0 unspecified atom stereocenters. The maximum absolute atomic E-state index is 3.57. The third kappa shape index (κ3) is 5.80. The molecule has 96 valence electrons. The highest BCUT2D eigenvalue weighted by Crippen LogP contribution is 2.01. The number of hydrogen-bond donors (Lipinski definition) is 4. The fourth-order valence-electron chi connectivity index (χ4n) is 1.91. The molecule has 0 saturated carbocycles. The van der Waals surface area contributed by atoms with Crippen molar-refractivity contribution < 1.29 is 0 Å². The first kappa shape index (κ1) is 13.9. The van der Waals surface area contributed by atoms with E-state index in [1.54, 1.807) is 0 Å². The van der Waals surface area contributed by atoms with Crippen LogP contribution in [0.15, 0.2) is 0 Å². The third-order valence-corrected chi connectivity index (χ3v) is 2.94. The van der Waals surface area contributed by atoms with Crippen molar-refractivity contribution in [2.24, 2.45) is 0 Å². The standard InChI is InChI=1S/C12H28N4/c1-11(2)9-13-5-6-14-10-12(3,4)16-8-7-15-11/h13-16H,5-10H2,1-4H3. The quantitative estimate of drug-likeness (QED) is 0.468. The van der Waals surface area contributed by atoms with Crippen LogP contribution in [0.3, 0.4) is 0 Å². The van der Waals surface area contributed by atoms with E-state index in [0.29, 0.717) is 0 Å². The smallest absolute Gasteiger partial charge is 0.0250 e. The van der Waals surface area contributed by atoms with Crippen molar-refractivity contribution in [3.8, 4) is 0 Å². The zero-order valence-corrected chi connectivity index (χ0v) is 11.2. The van der Waals surface area contributed by atoms with Crippen LogP contribution in [-0.2, 0) is 0 Å². The van der Waals surface area contributed by atoms with Gasteiger partial charge in [0.1, 0.15) is 0 Å². The van der Waals surface area contributed by atoms with Gasteiger partial charge < -0.3 is 21.3 Å². The van der Waals surface area contributed by atoms with Crippen molar-refractivity contribution in [1.82, 2.24) is 21.3 Å². The molecule has 1 aliphatic heterocycles. The van der Waals surface area contributed by atoms with Gasteiger partial charge in [0.15, 0.2) is 0 Å². The van der Waals surface area contributed by atoms with E-state index in [0.717, 1.165) is 39.3 Å². The van der Waals surface area contributed by atoms with E-state index in [-0.39, 0.29) is 11.1 Å². The normalized spacial score (nSPS) is 27.8. The molecule has 0 bridgehead atoms. The van der Waals surface area contributed by atoms with Gasteiger partial charge in [-0.1, -0.05) is 0 Å². The lowest BCUT2D eigenvalue weighted by Gasteiger charge is -2.31. The molecule has 1 aliphatic rings. The zero-order chi connectivity index (χ0) is 12.1. The molecule has 1 rings (SSSR count). The molecule has 0 aromatic rings. The second kappa shape index (κ2) is 5.96. The highest BCUT2D eigenvalue weighted by Gasteiger charge is 2.19. The van der Waals surface area contributed by atoms with Gasteiger partial charge in [0.05, 0.1) is 0 Å². The zero-order valence-electron chi connectivity index (χ0n) is 11.2. The summed E-state index contributed by atoms with van der Waals surface area (Å²) < 4.78 is 0. The first-order valence-corrected chi connectivity index (χ1v) is 6.33. The molecule has 0 aromatic heterocycles. The van der Waals surface area contributed by atoms with E-state index in [1.807, 2.05) is 0 Å². The molecule has 16 heavy (non-hydrogen) atoms. The topological polar surface area (TPSA) is 48.1 Å². The lowest BCUT2D eigenvalue weighted by molar-refractivity contribution is 0.319. The van der Waals surface area contributed by atoms with Crippen molar-refractivity contribution in [2.45, 2.75) is 38.8 Å². The predicted molar refractivity (Wildman–Crippen MR) is 69.9 cm³/mol. The van der Waals surface area contributed by atoms with E-state index in [9.17, 15) is 0 Å². The molecule has 1 heterocycles. The van der Waals surface area contributed by atoms with Crippen LogP contribution in [0.5, 0.6) is 0 Å². The SMILES string of the molecule is CC1(C)CNCCNCC(C)(C)NCCN1. The highest BCUT2D eigenvalue weighted by atomic mass is 15.1. The Morgan fingerprint density at radius 3 is 1.38 bits per heavy atom. The summed E-state index contributed by atoms with van der Waals surface area (Å²) in [6.45, 7) is 15.1. The maximum atomic E-state index is 3.57. The van der Waals surface area contributed by atoms with Crippen LogP contribution in [-0.4, -0.2) is 50.3 Å². The van der Waals surface area contributed by atoms with Gasteiger partial charge in [0.25, 0.3) is 0 Å². The summed E-state index contributed by atoms with van der Waals surface area (Å²) in [6, 6.07) is 0. The summed E-state index contributed by atoms with van der Waals surface area (Å²) in [5.41, 5.74) is 0.343. The van der Waals surface area contributed by atoms with Crippen LogP contribution in [0, 0.1) is 0 Å². The summed E-state index contributed by atoms with van der Waals surface area (Å²) in [7, 11) is 0. The molecule has 1 fully saturated rings. The Labute approximate surface area is 99.9 Å². The molecule has 1 saturated heterocycles. The van der Waals surface area contributed by atoms with Gasteiger partial charge in [-0.3, -0.25) is 0 Å². The van der Waals surface area contributed by atoms with Crippen LogP contribution in [0.1, 0.15) is 27.7 Å². The minimum Gasteiger partial charge on any atom is -0.314 e. The summed E-state index contributed by atoms with van der Waals surface area (Å²) in [5, 5.41) is 14.1. The first-order chi connectivity index (χ1) is 7.41. The van der Waals surface area contributed by atoms with E-state index in [2.05, 4.69) is 49.0 Å². The highest BCUT2D eigenvalue weighted by molar-refractivity contribution is 4.84. The van der Waals surface area contributed by atoms with Crippen LogP contribution in [0.4, 0.5) is 0 Å². The Morgan fingerprint density at radius 1 is 0.625 bits per heavy atom. The van der Waals surface area contributed by atoms with Crippen molar-refractivity contribution in [1.29, 1.82) is 0 Å². The van der Waals surface area contributed by atoms with Crippen LogP contribution in [0.2, 0.25) is 0 Å². The lowest BCUT2D eigenvalue weighted by Crippen LogP contribution is -2.55. The Morgan fingerprint density at radius 2 is 1.00 bits per heavy atom. The van der Waals surface area contributed by atoms with E-state index >= 15 is 0 Å². The second-order valence-electron chi connectivity index (χ2n) is 5.97. The number of rotatable bonds is 0. The minimum absolute atomic E-state index is 0.172. The van der Waals surface area contributed by atoms with Gasteiger partial charge >= 0.3 is 0 Å². The summed E-state index contributed by atoms with van der Waals surface area (Å²) in [4.78, 5) is 0. The van der Waals surface area contributed by atoms with Crippen LogP contribution in [0.25, 0.3) is 0 Å². The van der Waals surface area contributed by atoms with E-state index < -0.39 is 0 Å². The molecule has 0 aliphatic carbocycles. The monoisotopic (exact) mass is 228 g/mol. The van der Waals surface area contributed by atoms with Crippen molar-refractivity contribution in [3.05, 3.63) is 0 Å². The van der Waals surface area contributed by atoms with Crippen LogP contribution < -0.4 is 21.3 Å². The van der Waals surface area contributed by atoms with E-state index in [4.69, 9.17) is 0 Å².